The highest BCUT2D eigenvalue weighted by molar-refractivity contribution is 5.71. The highest BCUT2D eigenvalue weighted by Gasteiger charge is 2.06. The molecule has 3 aromatic rings. The van der Waals surface area contributed by atoms with Crippen LogP contribution in [0, 0.1) is 0 Å². The zero-order valence-electron chi connectivity index (χ0n) is 12.0. The average Bonchev–Trinajstić information content (AvgIpc) is 3.09. The molecular formula is C18H18N2O. The quantitative estimate of drug-likeness (QED) is 0.752. The number of nitrogens with one attached hydrogen (secondary N) is 1. The first kappa shape index (κ1) is 13.6. The second-order valence-corrected chi connectivity index (χ2v) is 5.10. The van der Waals surface area contributed by atoms with E-state index in [2.05, 4.69) is 40.5 Å². The molecule has 2 aromatic carbocycles. The average molecular weight is 278 g/mol. The smallest absolute Gasteiger partial charge is 0.0787 e. The lowest BCUT2D eigenvalue weighted by molar-refractivity contribution is 0.173. The van der Waals surface area contributed by atoms with Gasteiger partial charge in [0.15, 0.2) is 0 Å². The Kier molecular flexibility index (Phi) is 3.84. The molecule has 106 valence electrons. The molecule has 0 saturated heterocycles. The molecule has 0 bridgehead atoms. The first-order chi connectivity index (χ1) is 10.3. The zero-order chi connectivity index (χ0) is 14.7. The lowest BCUT2D eigenvalue weighted by Crippen LogP contribution is -1.94. The van der Waals surface area contributed by atoms with Gasteiger partial charge in [-0.3, -0.25) is 5.10 Å². The van der Waals surface area contributed by atoms with Crippen LogP contribution in [-0.4, -0.2) is 15.3 Å². The van der Waals surface area contributed by atoms with E-state index in [9.17, 15) is 5.11 Å². The molecule has 1 atom stereocenters. The largest absolute Gasteiger partial charge is 0.388 e. The van der Waals surface area contributed by atoms with Gasteiger partial charge >= 0.3 is 0 Å². The lowest BCUT2D eigenvalue weighted by atomic mass is 9.99. The highest BCUT2D eigenvalue weighted by atomic mass is 16.3. The normalized spacial score (nSPS) is 12.3. The standard InChI is InChI=1S/C18H18N2O/c1-2-18(21)14-8-6-13(7-9-14)15-4-3-5-16(12-15)17-10-11-19-20-17/h3-12,18,21H,2H2,1H3,(H,19,20). The molecule has 0 aliphatic carbocycles. The maximum atomic E-state index is 9.85. The molecule has 0 fully saturated rings. The predicted octanol–water partition coefficient (Wildman–Crippen LogP) is 4.19. The van der Waals surface area contributed by atoms with Crippen molar-refractivity contribution in [2.24, 2.45) is 0 Å². The molecule has 21 heavy (non-hydrogen) atoms. The summed E-state index contributed by atoms with van der Waals surface area (Å²) >= 11 is 0. The van der Waals surface area contributed by atoms with Gasteiger partial charge in [-0.05, 0) is 35.2 Å². The molecule has 0 amide bonds. The van der Waals surface area contributed by atoms with Crippen LogP contribution in [-0.2, 0) is 0 Å². The Hall–Kier alpha value is -2.39. The zero-order valence-corrected chi connectivity index (χ0v) is 12.0. The van der Waals surface area contributed by atoms with Crippen molar-refractivity contribution >= 4 is 0 Å². The molecule has 3 heteroatoms. The topological polar surface area (TPSA) is 48.9 Å². The van der Waals surface area contributed by atoms with E-state index in [1.807, 2.05) is 31.2 Å². The summed E-state index contributed by atoms with van der Waals surface area (Å²) in [5.41, 5.74) is 5.38. The second-order valence-electron chi connectivity index (χ2n) is 5.10. The van der Waals surface area contributed by atoms with Gasteiger partial charge in [-0.2, -0.15) is 5.10 Å². The molecule has 0 aliphatic rings. The fourth-order valence-electron chi connectivity index (χ4n) is 2.42. The Morgan fingerprint density at radius 3 is 2.43 bits per heavy atom. The Labute approximate surface area is 124 Å². The van der Waals surface area contributed by atoms with Gasteiger partial charge in [0.25, 0.3) is 0 Å². The Bertz CT molecular complexity index is 702. The van der Waals surface area contributed by atoms with Crippen molar-refractivity contribution in [3.8, 4) is 22.4 Å². The number of aromatic amines is 1. The summed E-state index contributed by atoms with van der Waals surface area (Å²) in [5.74, 6) is 0. The number of hydrogen-bond acceptors (Lipinski definition) is 2. The van der Waals surface area contributed by atoms with Crippen LogP contribution in [0.25, 0.3) is 22.4 Å². The van der Waals surface area contributed by atoms with Crippen molar-refractivity contribution < 1.29 is 5.11 Å². The van der Waals surface area contributed by atoms with Crippen LogP contribution < -0.4 is 0 Å². The number of nitrogens with zero attached hydrogens (tertiary/aromatic N) is 1. The third kappa shape index (κ3) is 2.88. The van der Waals surface area contributed by atoms with Crippen LogP contribution in [0.1, 0.15) is 25.0 Å². The minimum absolute atomic E-state index is 0.379. The van der Waals surface area contributed by atoms with Gasteiger partial charge in [0.2, 0.25) is 0 Å². The van der Waals surface area contributed by atoms with E-state index in [4.69, 9.17) is 0 Å². The van der Waals surface area contributed by atoms with Crippen LogP contribution in [0.15, 0.2) is 60.8 Å². The molecule has 3 nitrogen and oxygen atoms in total. The van der Waals surface area contributed by atoms with E-state index < -0.39 is 0 Å². The van der Waals surface area contributed by atoms with Crippen LogP contribution in [0.3, 0.4) is 0 Å². The van der Waals surface area contributed by atoms with Gasteiger partial charge in [0, 0.05) is 11.8 Å². The number of aliphatic hydroxyl groups excluding tert-OH is 1. The van der Waals surface area contributed by atoms with Gasteiger partial charge in [-0.25, -0.2) is 0 Å². The first-order valence-electron chi connectivity index (χ1n) is 7.16. The number of benzene rings is 2. The second kappa shape index (κ2) is 5.94. The Balaban J connectivity index is 1.92. The molecule has 0 radical (unpaired) electrons. The molecule has 1 aromatic heterocycles. The molecule has 2 N–H and O–H groups in total. The summed E-state index contributed by atoms with van der Waals surface area (Å²) in [6, 6.07) is 18.4. The van der Waals surface area contributed by atoms with E-state index in [0.717, 1.165) is 34.4 Å². The van der Waals surface area contributed by atoms with Crippen molar-refractivity contribution in [2.75, 3.05) is 0 Å². The summed E-state index contributed by atoms with van der Waals surface area (Å²) in [7, 11) is 0. The monoisotopic (exact) mass is 278 g/mol. The molecule has 3 rings (SSSR count). The fourth-order valence-corrected chi connectivity index (χ4v) is 2.42. The van der Waals surface area contributed by atoms with Crippen molar-refractivity contribution in [2.45, 2.75) is 19.4 Å². The van der Waals surface area contributed by atoms with Crippen molar-refractivity contribution in [3.63, 3.8) is 0 Å². The summed E-state index contributed by atoms with van der Waals surface area (Å²) < 4.78 is 0. The number of rotatable bonds is 4. The van der Waals surface area contributed by atoms with Crippen molar-refractivity contribution in [1.29, 1.82) is 0 Å². The van der Waals surface area contributed by atoms with Gasteiger partial charge in [0.1, 0.15) is 0 Å². The van der Waals surface area contributed by atoms with E-state index in [0.29, 0.717) is 0 Å². The number of H-pyrrole nitrogens is 1. The van der Waals surface area contributed by atoms with Crippen molar-refractivity contribution in [1.82, 2.24) is 10.2 Å². The summed E-state index contributed by atoms with van der Waals surface area (Å²) in [5, 5.41) is 16.8. The maximum Gasteiger partial charge on any atom is 0.0787 e. The number of aromatic nitrogens is 2. The number of aliphatic hydroxyl groups is 1. The predicted molar refractivity (Wildman–Crippen MR) is 84.7 cm³/mol. The van der Waals surface area contributed by atoms with Crippen LogP contribution >= 0.6 is 0 Å². The number of hydrogen-bond donors (Lipinski definition) is 2. The van der Waals surface area contributed by atoms with Crippen LogP contribution in [0.5, 0.6) is 0 Å². The van der Waals surface area contributed by atoms with E-state index in [1.54, 1.807) is 6.20 Å². The molecular weight excluding hydrogens is 260 g/mol. The van der Waals surface area contributed by atoms with Gasteiger partial charge in [0.05, 0.1) is 11.8 Å². The van der Waals surface area contributed by atoms with Crippen LogP contribution in [0.2, 0.25) is 0 Å². The van der Waals surface area contributed by atoms with E-state index in [1.165, 1.54) is 0 Å². The Morgan fingerprint density at radius 1 is 1.00 bits per heavy atom. The Morgan fingerprint density at radius 2 is 1.76 bits per heavy atom. The van der Waals surface area contributed by atoms with E-state index in [-0.39, 0.29) is 6.10 Å². The molecule has 0 saturated carbocycles. The summed E-state index contributed by atoms with van der Waals surface area (Å²) in [6.45, 7) is 1.98. The van der Waals surface area contributed by atoms with Gasteiger partial charge in [-0.1, -0.05) is 49.4 Å². The summed E-state index contributed by atoms with van der Waals surface area (Å²) in [6.07, 6.45) is 2.10. The minimum atomic E-state index is -0.379. The lowest BCUT2D eigenvalue weighted by Gasteiger charge is -2.09. The SMILES string of the molecule is CCC(O)c1ccc(-c2cccc(-c3ccn[nH]3)c2)cc1. The highest BCUT2D eigenvalue weighted by Crippen LogP contribution is 2.26. The third-order valence-corrected chi connectivity index (χ3v) is 3.69. The molecule has 1 heterocycles. The van der Waals surface area contributed by atoms with Crippen molar-refractivity contribution in [3.05, 3.63) is 66.4 Å². The first-order valence-corrected chi connectivity index (χ1v) is 7.16. The maximum absolute atomic E-state index is 9.85. The molecule has 0 aliphatic heterocycles. The van der Waals surface area contributed by atoms with E-state index >= 15 is 0 Å². The van der Waals surface area contributed by atoms with Crippen LogP contribution in [0.4, 0.5) is 0 Å². The van der Waals surface area contributed by atoms with Gasteiger partial charge < -0.3 is 5.11 Å². The van der Waals surface area contributed by atoms with Gasteiger partial charge in [-0.15, -0.1) is 0 Å². The third-order valence-electron chi connectivity index (χ3n) is 3.69. The minimum Gasteiger partial charge on any atom is -0.388 e. The molecule has 0 spiro atoms. The summed E-state index contributed by atoms with van der Waals surface area (Å²) in [4.78, 5) is 0. The molecule has 1 unspecified atom stereocenters. The fraction of sp³-hybridized carbons (Fsp3) is 0.167.